The predicted molar refractivity (Wildman–Crippen MR) is 132 cm³/mol. The van der Waals surface area contributed by atoms with Crippen LogP contribution in [0.5, 0.6) is 0 Å². The number of amides is 1. The average molecular weight is 483 g/mol. The Bertz CT molecular complexity index is 1290. The summed E-state index contributed by atoms with van der Waals surface area (Å²) in [6.07, 6.45) is 0.946. The number of H-pyrrole nitrogens is 1. The summed E-state index contributed by atoms with van der Waals surface area (Å²) in [4.78, 5) is 20.8. The summed E-state index contributed by atoms with van der Waals surface area (Å²) in [6.45, 7) is 4.22. The molecule has 0 radical (unpaired) electrons. The summed E-state index contributed by atoms with van der Waals surface area (Å²) in [5.74, 6) is 1.00. The first-order valence-electron chi connectivity index (χ1n) is 10.7. The molecule has 0 aliphatic carbocycles. The lowest BCUT2D eigenvalue weighted by Crippen LogP contribution is -2.31. The molecular weight excluding hydrogens is 456 g/mol. The van der Waals surface area contributed by atoms with Crippen LogP contribution in [0.1, 0.15) is 37.7 Å². The maximum atomic E-state index is 12.8. The zero-order valence-electron chi connectivity index (χ0n) is 18.4. The van der Waals surface area contributed by atoms with E-state index >= 15 is 0 Å². The van der Waals surface area contributed by atoms with Crippen LogP contribution < -0.4 is 10.0 Å². The van der Waals surface area contributed by atoms with Crippen molar-refractivity contribution in [2.45, 2.75) is 36.9 Å². The van der Waals surface area contributed by atoms with E-state index in [9.17, 15) is 13.2 Å². The first-order chi connectivity index (χ1) is 15.8. The van der Waals surface area contributed by atoms with Crippen molar-refractivity contribution in [1.82, 2.24) is 15.3 Å². The summed E-state index contributed by atoms with van der Waals surface area (Å²) >= 11 is 1.16. The maximum absolute atomic E-state index is 12.8. The van der Waals surface area contributed by atoms with E-state index in [0.29, 0.717) is 11.6 Å². The molecule has 0 aliphatic heterocycles. The van der Waals surface area contributed by atoms with E-state index in [0.717, 1.165) is 40.2 Å². The Morgan fingerprint density at radius 3 is 2.48 bits per heavy atom. The standard InChI is InChI=1S/C24H26N4O3S2/c1-16(2)14-21(24-26-19-6-3-4-7-20(19)27-24)25-22(29)15-17-9-11-18(12-10-17)28-33(30,31)23-8-5-13-32-23/h3-13,16,21,28H,14-15H2,1-2H3,(H,25,29)(H,26,27). The zero-order chi connectivity index (χ0) is 23.4. The summed E-state index contributed by atoms with van der Waals surface area (Å²) in [5, 5.41) is 4.82. The van der Waals surface area contributed by atoms with Crippen molar-refractivity contribution in [2.24, 2.45) is 5.92 Å². The number of thiophene rings is 1. The van der Waals surface area contributed by atoms with Crippen LogP contribution in [-0.2, 0) is 21.2 Å². The lowest BCUT2D eigenvalue weighted by Gasteiger charge is -2.19. The second-order valence-electron chi connectivity index (χ2n) is 8.30. The van der Waals surface area contributed by atoms with Gasteiger partial charge < -0.3 is 10.3 Å². The van der Waals surface area contributed by atoms with Crippen molar-refractivity contribution in [3.8, 4) is 0 Å². The minimum Gasteiger partial charge on any atom is -0.346 e. The van der Waals surface area contributed by atoms with Crippen LogP contribution in [0.25, 0.3) is 11.0 Å². The number of aromatic amines is 1. The van der Waals surface area contributed by atoms with Gasteiger partial charge in [-0.1, -0.05) is 44.2 Å². The number of fused-ring (bicyclic) bond motifs is 1. The van der Waals surface area contributed by atoms with Gasteiger partial charge in [0, 0.05) is 5.69 Å². The molecule has 172 valence electrons. The number of carbonyl (C=O) groups excluding carboxylic acids is 1. The third-order valence-electron chi connectivity index (χ3n) is 5.11. The van der Waals surface area contributed by atoms with Gasteiger partial charge in [-0.25, -0.2) is 13.4 Å². The van der Waals surface area contributed by atoms with Crippen LogP contribution in [0.4, 0.5) is 5.69 Å². The second kappa shape index (κ2) is 9.76. The molecule has 2 heterocycles. The number of para-hydroxylation sites is 2. The number of benzene rings is 2. The van der Waals surface area contributed by atoms with Gasteiger partial charge in [-0.2, -0.15) is 0 Å². The van der Waals surface area contributed by atoms with Crippen molar-refractivity contribution in [3.63, 3.8) is 0 Å². The normalized spacial score (nSPS) is 12.7. The molecule has 2 aromatic heterocycles. The SMILES string of the molecule is CC(C)CC(NC(=O)Cc1ccc(NS(=O)(=O)c2cccs2)cc1)c1nc2ccccc2[nH]1. The molecule has 2 aromatic carbocycles. The van der Waals surface area contributed by atoms with E-state index in [1.807, 2.05) is 24.3 Å². The molecule has 0 spiro atoms. The highest BCUT2D eigenvalue weighted by atomic mass is 32.2. The highest BCUT2D eigenvalue weighted by molar-refractivity contribution is 7.94. The molecule has 7 nitrogen and oxygen atoms in total. The van der Waals surface area contributed by atoms with Crippen molar-refractivity contribution in [1.29, 1.82) is 0 Å². The van der Waals surface area contributed by atoms with Gasteiger partial charge in [-0.15, -0.1) is 11.3 Å². The lowest BCUT2D eigenvalue weighted by molar-refractivity contribution is -0.121. The number of nitrogens with zero attached hydrogens (tertiary/aromatic N) is 1. The molecule has 9 heteroatoms. The molecule has 0 saturated heterocycles. The Morgan fingerprint density at radius 1 is 1.06 bits per heavy atom. The molecule has 4 rings (SSSR count). The van der Waals surface area contributed by atoms with Gasteiger partial charge in [0.25, 0.3) is 10.0 Å². The first-order valence-corrected chi connectivity index (χ1v) is 13.1. The molecule has 0 fully saturated rings. The highest BCUT2D eigenvalue weighted by Crippen LogP contribution is 2.23. The number of imidazole rings is 1. The number of sulfonamides is 1. The monoisotopic (exact) mass is 482 g/mol. The molecule has 33 heavy (non-hydrogen) atoms. The molecule has 1 amide bonds. The van der Waals surface area contributed by atoms with Gasteiger partial charge in [-0.3, -0.25) is 9.52 Å². The Labute approximate surface area is 197 Å². The fourth-order valence-corrected chi connectivity index (χ4v) is 5.64. The Morgan fingerprint density at radius 2 is 1.82 bits per heavy atom. The van der Waals surface area contributed by atoms with E-state index < -0.39 is 10.0 Å². The fourth-order valence-electron chi connectivity index (χ4n) is 3.59. The van der Waals surface area contributed by atoms with Crippen LogP contribution in [-0.4, -0.2) is 24.3 Å². The quantitative estimate of drug-likeness (QED) is 0.316. The summed E-state index contributed by atoms with van der Waals surface area (Å²) in [7, 11) is -3.60. The minimum atomic E-state index is -3.60. The van der Waals surface area contributed by atoms with Crippen molar-refractivity contribution < 1.29 is 13.2 Å². The molecule has 0 bridgehead atoms. The molecule has 1 atom stereocenters. The molecule has 3 N–H and O–H groups in total. The number of nitrogens with one attached hydrogen (secondary N) is 3. The average Bonchev–Trinajstić information content (AvgIpc) is 3.45. The zero-order valence-corrected chi connectivity index (χ0v) is 20.0. The predicted octanol–water partition coefficient (Wildman–Crippen LogP) is 4.87. The van der Waals surface area contributed by atoms with Gasteiger partial charge in [0.15, 0.2) is 0 Å². The lowest BCUT2D eigenvalue weighted by atomic mass is 10.0. The second-order valence-corrected chi connectivity index (χ2v) is 11.2. The maximum Gasteiger partial charge on any atom is 0.271 e. The van der Waals surface area contributed by atoms with E-state index in [1.54, 1.807) is 41.8 Å². The van der Waals surface area contributed by atoms with E-state index in [-0.39, 0.29) is 22.6 Å². The number of hydrogen-bond acceptors (Lipinski definition) is 5. The molecule has 0 aliphatic rings. The first kappa shape index (κ1) is 23.0. The van der Waals surface area contributed by atoms with Crippen LogP contribution >= 0.6 is 11.3 Å². The minimum absolute atomic E-state index is 0.118. The molecular formula is C24H26N4O3S2. The molecule has 4 aromatic rings. The Balaban J connectivity index is 1.42. The largest absolute Gasteiger partial charge is 0.346 e. The summed E-state index contributed by atoms with van der Waals surface area (Å²) < 4.78 is 27.5. The number of hydrogen-bond donors (Lipinski definition) is 3. The van der Waals surface area contributed by atoms with E-state index in [4.69, 9.17) is 0 Å². The fraction of sp³-hybridized carbons (Fsp3) is 0.250. The van der Waals surface area contributed by atoms with Crippen molar-refractivity contribution in [2.75, 3.05) is 4.72 Å². The molecule has 0 saturated carbocycles. The Hall–Kier alpha value is -3.17. The highest BCUT2D eigenvalue weighted by Gasteiger charge is 2.20. The van der Waals surface area contributed by atoms with Gasteiger partial charge in [0.05, 0.1) is 23.5 Å². The smallest absolute Gasteiger partial charge is 0.271 e. The van der Waals surface area contributed by atoms with E-state index in [1.165, 1.54) is 0 Å². The van der Waals surface area contributed by atoms with E-state index in [2.05, 4.69) is 33.9 Å². The van der Waals surface area contributed by atoms with Gasteiger partial charge >= 0.3 is 0 Å². The van der Waals surface area contributed by atoms with Crippen LogP contribution in [0, 0.1) is 5.92 Å². The number of anilines is 1. The van der Waals surface area contributed by atoms with Crippen LogP contribution in [0.3, 0.4) is 0 Å². The topological polar surface area (TPSA) is 104 Å². The van der Waals surface area contributed by atoms with Crippen molar-refractivity contribution >= 4 is 44.0 Å². The van der Waals surface area contributed by atoms with Crippen molar-refractivity contribution in [3.05, 3.63) is 77.4 Å². The van der Waals surface area contributed by atoms with Crippen LogP contribution in [0.15, 0.2) is 70.3 Å². The number of aromatic nitrogens is 2. The third kappa shape index (κ3) is 5.80. The van der Waals surface area contributed by atoms with Gasteiger partial charge in [-0.05, 0) is 53.6 Å². The summed E-state index contributed by atoms with van der Waals surface area (Å²) in [6, 6.07) is 17.7. The number of carbonyl (C=O) groups is 1. The number of rotatable bonds is 9. The summed E-state index contributed by atoms with van der Waals surface area (Å²) in [5.41, 5.74) is 3.05. The Kier molecular flexibility index (Phi) is 6.80. The molecule has 1 unspecified atom stereocenters. The van der Waals surface area contributed by atoms with Crippen LogP contribution in [0.2, 0.25) is 0 Å². The van der Waals surface area contributed by atoms with Gasteiger partial charge in [0.2, 0.25) is 5.91 Å². The third-order valence-corrected chi connectivity index (χ3v) is 7.89. The van der Waals surface area contributed by atoms with Gasteiger partial charge in [0.1, 0.15) is 10.0 Å².